The van der Waals surface area contributed by atoms with Gasteiger partial charge in [0.05, 0.1) is 17.8 Å². The van der Waals surface area contributed by atoms with E-state index in [-0.39, 0.29) is 11.9 Å². The van der Waals surface area contributed by atoms with Crippen LogP contribution >= 0.6 is 0 Å². The number of benzene rings is 1. The van der Waals surface area contributed by atoms with Gasteiger partial charge in [-0.05, 0) is 49.7 Å². The molecule has 20 heavy (non-hydrogen) atoms. The van der Waals surface area contributed by atoms with Crippen LogP contribution in [0.15, 0.2) is 42.6 Å². The first kappa shape index (κ1) is 13.1. The van der Waals surface area contributed by atoms with Crippen LogP contribution in [0.25, 0.3) is 0 Å². The van der Waals surface area contributed by atoms with Gasteiger partial charge in [0, 0.05) is 6.20 Å². The highest BCUT2D eigenvalue weighted by atomic mass is 19.1. The lowest BCUT2D eigenvalue weighted by atomic mass is 10.0. The molecule has 1 aromatic heterocycles. The first-order valence-corrected chi connectivity index (χ1v) is 6.82. The number of hydrogen-bond donors (Lipinski definition) is 1. The summed E-state index contributed by atoms with van der Waals surface area (Å²) in [4.78, 5) is 4.15. The van der Waals surface area contributed by atoms with Gasteiger partial charge >= 0.3 is 0 Å². The van der Waals surface area contributed by atoms with Crippen molar-refractivity contribution >= 4 is 0 Å². The van der Waals surface area contributed by atoms with Crippen molar-refractivity contribution in [3.63, 3.8) is 0 Å². The third-order valence-electron chi connectivity index (χ3n) is 3.37. The highest BCUT2D eigenvalue weighted by molar-refractivity contribution is 5.35. The molecule has 1 fully saturated rings. The summed E-state index contributed by atoms with van der Waals surface area (Å²) in [7, 11) is 1.80. The lowest BCUT2D eigenvalue weighted by Gasteiger charge is -2.17. The molecule has 0 spiro atoms. The van der Waals surface area contributed by atoms with Crippen LogP contribution in [-0.2, 0) is 0 Å². The predicted octanol–water partition coefficient (Wildman–Crippen LogP) is 3.07. The van der Waals surface area contributed by atoms with Crippen molar-refractivity contribution in [1.29, 1.82) is 0 Å². The Labute approximate surface area is 117 Å². The van der Waals surface area contributed by atoms with Gasteiger partial charge in [-0.2, -0.15) is 0 Å². The highest BCUT2D eigenvalue weighted by Crippen LogP contribution is 2.30. The maximum absolute atomic E-state index is 13.9. The van der Waals surface area contributed by atoms with E-state index in [0.717, 1.165) is 24.2 Å². The molecule has 1 saturated carbocycles. The molecule has 1 aliphatic carbocycles. The fourth-order valence-corrected chi connectivity index (χ4v) is 2.22. The second-order valence-electron chi connectivity index (χ2n) is 4.98. The van der Waals surface area contributed by atoms with Crippen LogP contribution in [0, 0.1) is 5.82 Å². The number of aromatic nitrogens is 1. The van der Waals surface area contributed by atoms with Crippen molar-refractivity contribution in [2.45, 2.75) is 25.0 Å². The van der Waals surface area contributed by atoms with Crippen LogP contribution in [0.2, 0.25) is 0 Å². The minimum absolute atomic E-state index is 0.279. The smallest absolute Gasteiger partial charge is 0.146 e. The standard InChI is InChI=1S/C16H17FN2O/c1-18-15(16-14(17)6-3-9-19-16)11-4-2-5-13(10-11)20-12-7-8-12/h2-6,9-10,12,15,18H,7-8H2,1H3. The van der Waals surface area contributed by atoms with Gasteiger partial charge < -0.3 is 10.1 Å². The van der Waals surface area contributed by atoms with Crippen molar-refractivity contribution in [2.24, 2.45) is 0 Å². The largest absolute Gasteiger partial charge is 0.490 e. The van der Waals surface area contributed by atoms with Crippen molar-refractivity contribution in [1.82, 2.24) is 10.3 Å². The van der Waals surface area contributed by atoms with E-state index >= 15 is 0 Å². The normalized spacial score (nSPS) is 15.9. The summed E-state index contributed by atoms with van der Waals surface area (Å²) in [5.41, 5.74) is 1.35. The molecular weight excluding hydrogens is 255 g/mol. The van der Waals surface area contributed by atoms with E-state index in [0.29, 0.717) is 11.8 Å². The van der Waals surface area contributed by atoms with Gasteiger partial charge in [-0.15, -0.1) is 0 Å². The van der Waals surface area contributed by atoms with Crippen LogP contribution < -0.4 is 10.1 Å². The van der Waals surface area contributed by atoms with E-state index in [1.54, 1.807) is 19.3 Å². The van der Waals surface area contributed by atoms with Crippen molar-refractivity contribution in [2.75, 3.05) is 7.05 Å². The van der Waals surface area contributed by atoms with Gasteiger partial charge in [-0.25, -0.2) is 4.39 Å². The van der Waals surface area contributed by atoms with E-state index in [4.69, 9.17) is 4.74 Å². The second-order valence-corrected chi connectivity index (χ2v) is 4.98. The van der Waals surface area contributed by atoms with Crippen molar-refractivity contribution in [3.05, 3.63) is 59.7 Å². The SMILES string of the molecule is CNC(c1cccc(OC2CC2)c1)c1ncccc1F. The number of nitrogens with one attached hydrogen (secondary N) is 1. The van der Waals surface area contributed by atoms with Gasteiger partial charge in [-0.1, -0.05) is 12.1 Å². The molecule has 0 bridgehead atoms. The van der Waals surface area contributed by atoms with Gasteiger partial charge in [0.2, 0.25) is 0 Å². The Morgan fingerprint density at radius 2 is 2.15 bits per heavy atom. The first-order chi connectivity index (χ1) is 9.78. The fraction of sp³-hybridized carbons (Fsp3) is 0.312. The van der Waals surface area contributed by atoms with E-state index in [2.05, 4.69) is 10.3 Å². The monoisotopic (exact) mass is 272 g/mol. The molecule has 1 atom stereocenters. The number of halogens is 1. The van der Waals surface area contributed by atoms with Gasteiger partial charge in [-0.3, -0.25) is 4.98 Å². The molecule has 1 aliphatic rings. The molecular formula is C16H17FN2O. The molecule has 0 amide bonds. The van der Waals surface area contributed by atoms with E-state index in [1.165, 1.54) is 6.07 Å². The lowest BCUT2D eigenvalue weighted by Crippen LogP contribution is -2.20. The Hall–Kier alpha value is -1.94. The van der Waals surface area contributed by atoms with E-state index in [1.807, 2.05) is 24.3 Å². The summed E-state index contributed by atoms with van der Waals surface area (Å²) >= 11 is 0. The van der Waals surface area contributed by atoms with Crippen LogP contribution in [0.5, 0.6) is 5.75 Å². The minimum Gasteiger partial charge on any atom is -0.490 e. The third-order valence-corrected chi connectivity index (χ3v) is 3.37. The number of pyridine rings is 1. The zero-order valence-corrected chi connectivity index (χ0v) is 11.3. The van der Waals surface area contributed by atoms with Crippen molar-refractivity contribution in [3.8, 4) is 5.75 Å². The topological polar surface area (TPSA) is 34.1 Å². The minimum atomic E-state index is -0.305. The van der Waals surface area contributed by atoms with E-state index in [9.17, 15) is 4.39 Å². The Morgan fingerprint density at radius 3 is 2.85 bits per heavy atom. The van der Waals surface area contributed by atoms with Gasteiger partial charge in [0.1, 0.15) is 11.6 Å². The van der Waals surface area contributed by atoms with E-state index < -0.39 is 0 Å². The molecule has 1 unspecified atom stereocenters. The molecule has 0 aliphatic heterocycles. The summed E-state index contributed by atoms with van der Waals surface area (Å²) in [5.74, 6) is 0.530. The maximum Gasteiger partial charge on any atom is 0.146 e. The maximum atomic E-state index is 13.9. The average Bonchev–Trinajstić information content (AvgIpc) is 3.26. The Kier molecular flexibility index (Phi) is 3.65. The highest BCUT2D eigenvalue weighted by Gasteiger charge is 2.24. The zero-order chi connectivity index (χ0) is 13.9. The first-order valence-electron chi connectivity index (χ1n) is 6.82. The van der Waals surface area contributed by atoms with Crippen LogP contribution in [-0.4, -0.2) is 18.1 Å². The predicted molar refractivity (Wildman–Crippen MR) is 75.2 cm³/mol. The summed E-state index contributed by atoms with van der Waals surface area (Å²) < 4.78 is 19.7. The molecule has 1 N–H and O–H groups in total. The number of hydrogen-bond acceptors (Lipinski definition) is 3. The molecule has 0 saturated heterocycles. The average molecular weight is 272 g/mol. The molecule has 3 rings (SSSR count). The summed E-state index contributed by atoms with van der Waals surface area (Å²) in [6.45, 7) is 0. The number of nitrogens with zero attached hydrogens (tertiary/aromatic N) is 1. The Bertz CT molecular complexity index is 599. The fourth-order valence-electron chi connectivity index (χ4n) is 2.22. The molecule has 3 nitrogen and oxygen atoms in total. The van der Waals surface area contributed by atoms with Crippen LogP contribution in [0.3, 0.4) is 0 Å². The molecule has 1 heterocycles. The Balaban J connectivity index is 1.90. The lowest BCUT2D eigenvalue weighted by molar-refractivity contribution is 0.302. The summed E-state index contributed by atoms with van der Waals surface area (Å²) in [6.07, 6.45) is 4.20. The third kappa shape index (κ3) is 2.80. The van der Waals surface area contributed by atoms with Gasteiger partial charge in [0.25, 0.3) is 0 Å². The quantitative estimate of drug-likeness (QED) is 0.908. The van der Waals surface area contributed by atoms with Crippen molar-refractivity contribution < 1.29 is 9.13 Å². The van der Waals surface area contributed by atoms with Gasteiger partial charge in [0.15, 0.2) is 0 Å². The zero-order valence-electron chi connectivity index (χ0n) is 11.3. The number of rotatable bonds is 5. The molecule has 104 valence electrons. The van der Waals surface area contributed by atoms with Crippen LogP contribution in [0.4, 0.5) is 4.39 Å². The Morgan fingerprint density at radius 1 is 1.30 bits per heavy atom. The molecule has 0 radical (unpaired) electrons. The second kappa shape index (κ2) is 5.59. The summed E-state index contributed by atoms with van der Waals surface area (Å²) in [6, 6.07) is 10.5. The molecule has 1 aromatic carbocycles. The number of ether oxygens (including phenoxy) is 1. The summed E-state index contributed by atoms with van der Waals surface area (Å²) in [5, 5.41) is 3.11. The van der Waals surface area contributed by atoms with Crippen LogP contribution in [0.1, 0.15) is 30.1 Å². The molecule has 4 heteroatoms. The molecule has 2 aromatic rings.